The zero-order valence-electron chi connectivity index (χ0n) is 10.8. The molecule has 0 aliphatic rings. The minimum Gasteiger partial charge on any atom is -0.278 e. The van der Waals surface area contributed by atoms with Crippen molar-refractivity contribution in [2.45, 2.75) is 18.7 Å². The van der Waals surface area contributed by atoms with E-state index in [1.54, 1.807) is 19.9 Å². The molecule has 1 aromatic heterocycles. The Kier molecular flexibility index (Phi) is 3.96. The van der Waals surface area contributed by atoms with Gasteiger partial charge in [0.05, 0.1) is 16.8 Å². The van der Waals surface area contributed by atoms with Gasteiger partial charge in [-0.2, -0.15) is 0 Å². The predicted octanol–water partition coefficient (Wildman–Crippen LogP) is 3.29. The van der Waals surface area contributed by atoms with E-state index in [0.29, 0.717) is 16.3 Å². The molecule has 0 aliphatic heterocycles. The molecule has 0 saturated carbocycles. The molecule has 1 N–H and O–H groups in total. The molecule has 106 valence electrons. The average Bonchev–Trinajstić information content (AvgIpc) is 2.36. The summed E-state index contributed by atoms with van der Waals surface area (Å²) >= 11 is 5.78. The largest absolute Gasteiger partial charge is 0.278 e. The molecule has 2 aromatic rings. The number of nitrogens with one attached hydrogen (secondary N) is 1. The number of aryl methyl sites for hydroxylation is 2. The van der Waals surface area contributed by atoms with Crippen LogP contribution < -0.4 is 4.72 Å². The molecular weight excluding hydrogens is 303 g/mol. The molecule has 0 radical (unpaired) electrons. The second-order valence-corrected chi connectivity index (χ2v) is 6.36. The molecule has 4 nitrogen and oxygen atoms in total. The Bertz CT molecular complexity index is 763. The smallest absolute Gasteiger partial charge is 0.262 e. The van der Waals surface area contributed by atoms with Crippen molar-refractivity contribution in [1.82, 2.24) is 4.98 Å². The molecule has 0 spiro atoms. The molecule has 0 bridgehead atoms. The molecule has 0 fully saturated rings. The van der Waals surface area contributed by atoms with Gasteiger partial charge in [-0.25, -0.2) is 17.8 Å². The predicted molar refractivity (Wildman–Crippen MR) is 75.9 cm³/mol. The van der Waals surface area contributed by atoms with Gasteiger partial charge in [0.25, 0.3) is 10.0 Å². The van der Waals surface area contributed by atoms with E-state index in [4.69, 9.17) is 11.6 Å². The Morgan fingerprint density at radius 1 is 1.20 bits per heavy atom. The Morgan fingerprint density at radius 2 is 1.90 bits per heavy atom. The Morgan fingerprint density at radius 3 is 2.55 bits per heavy atom. The van der Waals surface area contributed by atoms with Crippen LogP contribution in [0.1, 0.15) is 11.1 Å². The van der Waals surface area contributed by atoms with E-state index < -0.39 is 15.8 Å². The molecular formula is C13H12ClFN2O2S. The molecule has 7 heteroatoms. The van der Waals surface area contributed by atoms with Crippen LogP contribution in [0.4, 0.5) is 10.1 Å². The van der Waals surface area contributed by atoms with Crippen LogP contribution in [0.25, 0.3) is 0 Å². The monoisotopic (exact) mass is 314 g/mol. The second kappa shape index (κ2) is 5.38. The van der Waals surface area contributed by atoms with Crippen molar-refractivity contribution in [2.24, 2.45) is 0 Å². The number of aromatic nitrogens is 1. The van der Waals surface area contributed by atoms with Gasteiger partial charge in [-0.3, -0.25) is 4.72 Å². The number of pyridine rings is 1. The van der Waals surface area contributed by atoms with Crippen LogP contribution in [0.5, 0.6) is 0 Å². The lowest BCUT2D eigenvalue weighted by molar-refractivity contribution is 0.594. The molecule has 1 heterocycles. The van der Waals surface area contributed by atoms with Gasteiger partial charge in [-0.1, -0.05) is 17.7 Å². The fourth-order valence-electron chi connectivity index (χ4n) is 1.69. The van der Waals surface area contributed by atoms with Gasteiger partial charge in [0, 0.05) is 0 Å². The molecule has 0 saturated heterocycles. The maximum Gasteiger partial charge on any atom is 0.262 e. The second-order valence-electron chi connectivity index (χ2n) is 4.35. The highest BCUT2D eigenvalue weighted by atomic mass is 35.5. The van der Waals surface area contributed by atoms with Crippen molar-refractivity contribution in [1.29, 1.82) is 0 Å². The molecule has 1 aromatic carbocycles. The summed E-state index contributed by atoms with van der Waals surface area (Å²) in [5.41, 5.74) is 1.37. The van der Waals surface area contributed by atoms with E-state index in [-0.39, 0.29) is 10.6 Å². The highest BCUT2D eigenvalue weighted by Crippen LogP contribution is 2.22. The van der Waals surface area contributed by atoms with E-state index >= 15 is 0 Å². The van der Waals surface area contributed by atoms with Crippen molar-refractivity contribution < 1.29 is 12.8 Å². The summed E-state index contributed by atoms with van der Waals surface area (Å²) in [5, 5.41) is 0.301. The SMILES string of the molecule is Cc1ccc(F)cc1S(=O)(=O)Nc1cnc(Cl)c(C)c1. The van der Waals surface area contributed by atoms with E-state index in [1.807, 2.05) is 0 Å². The third-order valence-electron chi connectivity index (χ3n) is 2.71. The standard InChI is InChI=1S/C13H12ClFN2O2S/c1-8-3-4-10(15)6-12(8)20(18,19)17-11-5-9(2)13(14)16-7-11/h3-7,17H,1-2H3. The highest BCUT2D eigenvalue weighted by molar-refractivity contribution is 7.92. The lowest BCUT2D eigenvalue weighted by Crippen LogP contribution is -2.14. The third-order valence-corrected chi connectivity index (χ3v) is 4.63. The zero-order chi connectivity index (χ0) is 14.9. The van der Waals surface area contributed by atoms with Gasteiger partial charge < -0.3 is 0 Å². The van der Waals surface area contributed by atoms with Gasteiger partial charge in [-0.15, -0.1) is 0 Å². The molecule has 0 aliphatic carbocycles. The number of anilines is 1. The summed E-state index contributed by atoms with van der Waals surface area (Å²) in [7, 11) is -3.87. The topological polar surface area (TPSA) is 59.1 Å². The fraction of sp³-hybridized carbons (Fsp3) is 0.154. The Labute approximate surface area is 121 Å². The maximum atomic E-state index is 13.2. The third kappa shape index (κ3) is 3.08. The minimum absolute atomic E-state index is 0.106. The summed E-state index contributed by atoms with van der Waals surface area (Å²) in [5.74, 6) is -0.610. The first kappa shape index (κ1) is 14.7. The number of nitrogens with zero attached hydrogens (tertiary/aromatic N) is 1. The molecule has 20 heavy (non-hydrogen) atoms. The van der Waals surface area contributed by atoms with Crippen LogP contribution >= 0.6 is 11.6 Å². The average molecular weight is 315 g/mol. The number of hydrogen-bond acceptors (Lipinski definition) is 3. The lowest BCUT2D eigenvalue weighted by Gasteiger charge is -2.11. The van der Waals surface area contributed by atoms with Crippen LogP contribution in [0.3, 0.4) is 0 Å². The molecule has 0 atom stereocenters. The van der Waals surface area contributed by atoms with Crippen molar-refractivity contribution >= 4 is 27.3 Å². The summed E-state index contributed by atoms with van der Waals surface area (Å²) in [6.45, 7) is 3.31. The first-order valence-electron chi connectivity index (χ1n) is 5.71. The van der Waals surface area contributed by atoms with Crippen LogP contribution in [0.2, 0.25) is 5.15 Å². The number of benzene rings is 1. The van der Waals surface area contributed by atoms with Crippen molar-refractivity contribution in [2.75, 3.05) is 4.72 Å². The number of halogens is 2. The van der Waals surface area contributed by atoms with Gasteiger partial charge in [0.15, 0.2) is 0 Å². The Balaban J connectivity index is 2.40. The minimum atomic E-state index is -3.87. The van der Waals surface area contributed by atoms with Crippen molar-refractivity contribution in [3.05, 3.63) is 52.6 Å². The van der Waals surface area contributed by atoms with Crippen molar-refractivity contribution in [3.8, 4) is 0 Å². The van der Waals surface area contributed by atoms with Gasteiger partial charge in [-0.05, 0) is 43.2 Å². The lowest BCUT2D eigenvalue weighted by atomic mass is 10.2. The quantitative estimate of drug-likeness (QED) is 0.884. The van der Waals surface area contributed by atoms with Crippen LogP contribution in [0.15, 0.2) is 35.4 Å². The fourth-order valence-corrected chi connectivity index (χ4v) is 3.08. The van der Waals surface area contributed by atoms with E-state index in [2.05, 4.69) is 9.71 Å². The number of rotatable bonds is 3. The van der Waals surface area contributed by atoms with Gasteiger partial charge in [0.1, 0.15) is 11.0 Å². The van der Waals surface area contributed by atoms with Crippen LogP contribution in [-0.2, 0) is 10.0 Å². The maximum absolute atomic E-state index is 13.2. The molecule has 2 rings (SSSR count). The molecule has 0 unspecified atom stereocenters. The van der Waals surface area contributed by atoms with E-state index in [0.717, 1.165) is 6.07 Å². The van der Waals surface area contributed by atoms with E-state index in [9.17, 15) is 12.8 Å². The van der Waals surface area contributed by atoms with Gasteiger partial charge >= 0.3 is 0 Å². The highest BCUT2D eigenvalue weighted by Gasteiger charge is 2.18. The van der Waals surface area contributed by atoms with E-state index in [1.165, 1.54) is 18.3 Å². The molecule has 0 amide bonds. The summed E-state index contributed by atoms with van der Waals surface area (Å²) in [4.78, 5) is 3.75. The van der Waals surface area contributed by atoms with Crippen LogP contribution in [0, 0.1) is 19.7 Å². The zero-order valence-corrected chi connectivity index (χ0v) is 12.4. The first-order chi connectivity index (χ1) is 9.29. The van der Waals surface area contributed by atoms with Crippen molar-refractivity contribution in [3.63, 3.8) is 0 Å². The summed E-state index contributed by atoms with van der Waals surface area (Å²) < 4.78 is 40.0. The first-order valence-corrected chi connectivity index (χ1v) is 7.57. The Hall–Kier alpha value is -1.66. The van der Waals surface area contributed by atoms with Gasteiger partial charge in [0.2, 0.25) is 0 Å². The number of hydrogen-bond donors (Lipinski definition) is 1. The van der Waals surface area contributed by atoms with Crippen LogP contribution in [-0.4, -0.2) is 13.4 Å². The summed E-state index contributed by atoms with van der Waals surface area (Å²) in [6.07, 6.45) is 1.31. The normalized spacial score (nSPS) is 11.4. The summed E-state index contributed by atoms with van der Waals surface area (Å²) in [6, 6.07) is 5.16. The number of sulfonamides is 1.